The monoisotopic (exact) mass is 486 g/mol. The normalized spacial score (nSPS) is 11.8. The van der Waals surface area contributed by atoms with Crippen LogP contribution in [0.4, 0.5) is 11.4 Å². The molecule has 1 aliphatic heterocycles. The van der Waals surface area contributed by atoms with Crippen LogP contribution >= 0.6 is 22.6 Å². The average Bonchev–Trinajstić information content (AvgIpc) is 2.72. The number of ether oxygens (including phenoxy) is 2. The Labute approximate surface area is 176 Å². The average molecular weight is 486 g/mol. The van der Waals surface area contributed by atoms with E-state index in [0.29, 0.717) is 29.1 Å². The molecular weight excluding hydrogens is 467 g/mol. The first kappa shape index (κ1) is 18.7. The van der Waals surface area contributed by atoms with Gasteiger partial charge in [0.2, 0.25) is 0 Å². The van der Waals surface area contributed by atoms with E-state index in [9.17, 15) is 4.79 Å². The third kappa shape index (κ3) is 3.56. The van der Waals surface area contributed by atoms with Crippen LogP contribution in [0.1, 0.15) is 0 Å². The van der Waals surface area contributed by atoms with Gasteiger partial charge >= 0.3 is 5.97 Å². The van der Waals surface area contributed by atoms with Crippen molar-refractivity contribution in [1.82, 2.24) is 0 Å². The number of carbonyl (C=O) groups is 1. The molecule has 0 spiro atoms. The lowest BCUT2D eigenvalue weighted by atomic mass is 10.1. The maximum Gasteiger partial charge on any atom is 0.315 e. The molecule has 0 fully saturated rings. The number of hydrogen-bond donors (Lipinski definition) is 0. The molecule has 1 aliphatic rings. The molecule has 0 N–H and O–H groups in total. The number of carbonyl (C=O) groups excluding carboxylic acids is 1. The predicted octanol–water partition coefficient (Wildman–Crippen LogP) is 3.72. The summed E-state index contributed by atoms with van der Waals surface area (Å²) >= 11 is 1.99. The van der Waals surface area contributed by atoms with Crippen molar-refractivity contribution in [3.8, 4) is 11.5 Å². The summed E-state index contributed by atoms with van der Waals surface area (Å²) in [6, 6.07) is 15.9. The second kappa shape index (κ2) is 7.79. The number of halogens is 1. The molecule has 0 amide bonds. The summed E-state index contributed by atoms with van der Waals surface area (Å²) in [6.45, 7) is 5.09. The number of nitrogens with zero attached hydrogens (tertiary/aromatic N) is 2. The standard InChI is InChI=1S/C22H19IN2O3/c1-14-11-20-22(17-6-4-3-5-16(14)17)24-18-8-7-15(12-19(18)28-20)25(2)9-10-27-21(26)13-23/h3-8,11-12H,1,9-10,13H2,2H3. The lowest BCUT2D eigenvalue weighted by molar-refractivity contribution is -0.139. The molecule has 0 bridgehead atoms. The Hall–Kier alpha value is -2.61. The molecule has 1 heterocycles. The molecule has 0 unspecified atom stereocenters. The zero-order valence-corrected chi connectivity index (χ0v) is 17.6. The van der Waals surface area contributed by atoms with Crippen molar-refractivity contribution < 1.29 is 14.3 Å². The number of anilines is 1. The quantitative estimate of drug-likeness (QED) is 0.245. The van der Waals surface area contributed by atoms with Crippen LogP contribution in [0.25, 0.3) is 17.4 Å². The topological polar surface area (TPSA) is 51.1 Å². The van der Waals surface area contributed by atoms with Gasteiger partial charge in [0, 0.05) is 24.2 Å². The second-order valence-electron chi connectivity index (χ2n) is 6.57. The maximum absolute atomic E-state index is 11.3. The molecule has 5 nitrogen and oxygen atoms in total. The summed E-state index contributed by atoms with van der Waals surface area (Å²) < 4.78 is 11.7. The molecule has 3 aromatic rings. The SMILES string of the molecule is C=c1cc2c(c3ccccc13)=Nc1ccc(N(C)CCOC(=O)CI)cc1O2. The van der Waals surface area contributed by atoms with Crippen LogP contribution in [-0.2, 0) is 9.53 Å². The molecule has 0 atom stereocenters. The Morgan fingerprint density at radius 3 is 2.75 bits per heavy atom. The zero-order chi connectivity index (χ0) is 19.7. The van der Waals surface area contributed by atoms with Gasteiger partial charge in [0.05, 0.1) is 11.0 Å². The Morgan fingerprint density at radius 2 is 1.96 bits per heavy atom. The van der Waals surface area contributed by atoms with Gasteiger partial charge in [-0.15, -0.1) is 0 Å². The molecule has 0 saturated carbocycles. The highest BCUT2D eigenvalue weighted by atomic mass is 127. The van der Waals surface area contributed by atoms with Crippen molar-refractivity contribution in [2.75, 3.05) is 29.5 Å². The van der Waals surface area contributed by atoms with Crippen molar-refractivity contribution in [3.05, 3.63) is 59.1 Å². The Kier molecular flexibility index (Phi) is 5.21. The van der Waals surface area contributed by atoms with E-state index in [2.05, 4.69) is 6.58 Å². The summed E-state index contributed by atoms with van der Waals surface area (Å²) in [6.07, 6.45) is 0. The Morgan fingerprint density at radius 1 is 1.18 bits per heavy atom. The number of benzene rings is 3. The van der Waals surface area contributed by atoms with Gasteiger partial charge in [-0.05, 0) is 28.8 Å². The third-order valence-electron chi connectivity index (χ3n) is 4.70. The lowest BCUT2D eigenvalue weighted by Gasteiger charge is -2.22. The number of likely N-dealkylation sites (N-methyl/N-ethyl adjacent to an activating group) is 1. The first-order valence-electron chi connectivity index (χ1n) is 8.91. The number of esters is 1. The number of fused-ring (bicyclic) bond motifs is 4. The molecule has 28 heavy (non-hydrogen) atoms. The highest BCUT2D eigenvalue weighted by molar-refractivity contribution is 14.1. The van der Waals surface area contributed by atoms with Crippen LogP contribution in [0.3, 0.4) is 0 Å². The van der Waals surface area contributed by atoms with Crippen LogP contribution in [0.5, 0.6) is 11.5 Å². The van der Waals surface area contributed by atoms with Crippen LogP contribution in [0.2, 0.25) is 0 Å². The minimum absolute atomic E-state index is 0.200. The van der Waals surface area contributed by atoms with E-state index in [1.807, 2.05) is 83.1 Å². The molecular formula is C22H19IN2O3. The third-order valence-corrected chi connectivity index (χ3v) is 5.32. The lowest BCUT2D eigenvalue weighted by Crippen LogP contribution is -2.24. The van der Waals surface area contributed by atoms with Crippen molar-refractivity contribution in [2.45, 2.75) is 0 Å². The van der Waals surface area contributed by atoms with E-state index in [4.69, 9.17) is 14.5 Å². The summed E-state index contributed by atoms with van der Waals surface area (Å²) in [5.74, 6) is 1.22. The van der Waals surface area contributed by atoms with Crippen LogP contribution in [0.15, 0.2) is 53.5 Å². The number of rotatable bonds is 5. The number of alkyl halides is 1. The minimum Gasteiger partial charge on any atom is -0.463 e. The Balaban J connectivity index is 1.65. The fourth-order valence-electron chi connectivity index (χ4n) is 3.22. The highest BCUT2D eigenvalue weighted by Gasteiger charge is 2.16. The molecule has 4 rings (SSSR count). The van der Waals surface area contributed by atoms with Crippen LogP contribution in [-0.4, -0.2) is 30.6 Å². The summed E-state index contributed by atoms with van der Waals surface area (Å²) in [4.78, 5) is 18.1. The minimum atomic E-state index is -0.200. The van der Waals surface area contributed by atoms with E-state index < -0.39 is 0 Å². The van der Waals surface area contributed by atoms with Crippen LogP contribution < -0.4 is 20.2 Å². The van der Waals surface area contributed by atoms with Crippen molar-refractivity contribution in [1.29, 1.82) is 0 Å². The molecule has 0 aliphatic carbocycles. The summed E-state index contributed by atoms with van der Waals surface area (Å²) in [7, 11) is 1.95. The van der Waals surface area contributed by atoms with E-state index in [1.165, 1.54) is 0 Å². The fourth-order valence-corrected chi connectivity index (χ4v) is 3.44. The maximum atomic E-state index is 11.3. The molecule has 142 valence electrons. The molecule has 3 aromatic carbocycles. The van der Waals surface area contributed by atoms with Gasteiger partial charge in [-0.2, -0.15) is 0 Å². The van der Waals surface area contributed by atoms with Crippen molar-refractivity contribution >= 4 is 57.3 Å². The summed E-state index contributed by atoms with van der Waals surface area (Å²) in [5.41, 5.74) is 1.77. The van der Waals surface area contributed by atoms with Gasteiger partial charge in [0.1, 0.15) is 17.7 Å². The van der Waals surface area contributed by atoms with Gasteiger partial charge < -0.3 is 14.4 Å². The molecule has 0 saturated heterocycles. The van der Waals surface area contributed by atoms with E-state index >= 15 is 0 Å². The first-order chi connectivity index (χ1) is 13.6. The van der Waals surface area contributed by atoms with E-state index in [1.54, 1.807) is 0 Å². The summed E-state index contributed by atoms with van der Waals surface area (Å²) in [5, 5.41) is 3.86. The highest BCUT2D eigenvalue weighted by Crippen LogP contribution is 2.37. The van der Waals surface area contributed by atoms with Crippen LogP contribution in [0, 0.1) is 0 Å². The molecule has 6 heteroatoms. The first-order valence-corrected chi connectivity index (χ1v) is 10.4. The predicted molar refractivity (Wildman–Crippen MR) is 120 cm³/mol. The smallest absolute Gasteiger partial charge is 0.315 e. The second-order valence-corrected chi connectivity index (χ2v) is 7.33. The van der Waals surface area contributed by atoms with Gasteiger partial charge in [-0.1, -0.05) is 53.4 Å². The molecule has 0 aromatic heterocycles. The van der Waals surface area contributed by atoms with Gasteiger partial charge in [0.15, 0.2) is 11.5 Å². The van der Waals surface area contributed by atoms with Gasteiger partial charge in [0.25, 0.3) is 0 Å². The van der Waals surface area contributed by atoms with Crippen molar-refractivity contribution in [3.63, 3.8) is 0 Å². The largest absolute Gasteiger partial charge is 0.463 e. The van der Waals surface area contributed by atoms with E-state index in [0.717, 1.165) is 32.7 Å². The molecule has 0 radical (unpaired) electrons. The number of hydrogen-bond acceptors (Lipinski definition) is 5. The van der Waals surface area contributed by atoms with E-state index in [-0.39, 0.29) is 5.97 Å². The Bertz CT molecular complexity index is 1180. The fraction of sp³-hybridized carbons (Fsp3) is 0.182. The van der Waals surface area contributed by atoms with Gasteiger partial charge in [-0.25, -0.2) is 4.99 Å². The van der Waals surface area contributed by atoms with Crippen molar-refractivity contribution in [2.24, 2.45) is 4.99 Å². The van der Waals surface area contributed by atoms with Gasteiger partial charge in [-0.3, -0.25) is 4.79 Å². The zero-order valence-electron chi connectivity index (χ0n) is 15.4.